The van der Waals surface area contributed by atoms with Crippen molar-refractivity contribution in [2.75, 3.05) is 11.9 Å². The Kier molecular flexibility index (Phi) is 4.37. The molecule has 0 spiro atoms. The Morgan fingerprint density at radius 2 is 1.94 bits per heavy atom. The first-order chi connectivity index (χ1) is 8.65. The molecule has 2 N–H and O–H groups in total. The molecule has 0 atom stereocenters. The number of rotatable bonds is 4. The average molecular weight is 246 g/mol. The third kappa shape index (κ3) is 3.57. The molecule has 18 heavy (non-hydrogen) atoms. The van der Waals surface area contributed by atoms with Crippen LogP contribution in [0.1, 0.15) is 36.8 Å². The van der Waals surface area contributed by atoms with E-state index in [2.05, 4.69) is 24.5 Å². The molecule has 1 saturated carbocycles. The van der Waals surface area contributed by atoms with Crippen molar-refractivity contribution in [2.24, 2.45) is 0 Å². The van der Waals surface area contributed by atoms with Gasteiger partial charge >= 0.3 is 0 Å². The number of hydrogen-bond acceptors (Lipinski definition) is 2. The van der Waals surface area contributed by atoms with Crippen LogP contribution in [0.5, 0.6) is 0 Å². The van der Waals surface area contributed by atoms with Gasteiger partial charge in [-0.3, -0.25) is 4.79 Å². The van der Waals surface area contributed by atoms with Gasteiger partial charge in [0.1, 0.15) is 0 Å². The fourth-order valence-electron chi connectivity index (χ4n) is 2.39. The minimum atomic E-state index is 0.0464. The van der Waals surface area contributed by atoms with Gasteiger partial charge < -0.3 is 10.6 Å². The summed E-state index contributed by atoms with van der Waals surface area (Å²) in [6.45, 7) is 4.54. The summed E-state index contributed by atoms with van der Waals surface area (Å²) in [5.41, 5.74) is 3.34. The highest BCUT2D eigenvalue weighted by molar-refractivity contribution is 5.92. The normalized spacial score (nSPS) is 15.9. The standard InChI is InChI=1S/C15H22N2O/c1-11-7-8-14(9-12(11)2)17-15(18)10-16-13-5-3-4-6-13/h7-9,13,16H,3-6,10H2,1-2H3,(H,17,18). The summed E-state index contributed by atoms with van der Waals surface area (Å²) in [6, 6.07) is 6.55. The van der Waals surface area contributed by atoms with E-state index in [0.29, 0.717) is 12.6 Å². The number of carbonyl (C=O) groups is 1. The lowest BCUT2D eigenvalue weighted by atomic mass is 10.1. The molecular formula is C15H22N2O. The van der Waals surface area contributed by atoms with Crippen molar-refractivity contribution in [1.82, 2.24) is 5.32 Å². The zero-order valence-corrected chi connectivity index (χ0v) is 11.3. The number of amides is 1. The van der Waals surface area contributed by atoms with Crippen LogP contribution in [0.2, 0.25) is 0 Å². The van der Waals surface area contributed by atoms with Crippen LogP contribution in [0, 0.1) is 13.8 Å². The summed E-state index contributed by atoms with van der Waals surface area (Å²) in [5.74, 6) is 0.0464. The SMILES string of the molecule is Cc1ccc(NC(=O)CNC2CCCC2)cc1C. The Hall–Kier alpha value is -1.35. The number of hydrogen-bond donors (Lipinski definition) is 2. The monoisotopic (exact) mass is 246 g/mol. The van der Waals surface area contributed by atoms with E-state index in [1.165, 1.54) is 36.8 Å². The van der Waals surface area contributed by atoms with Crippen LogP contribution in [-0.2, 0) is 4.79 Å². The third-order valence-corrected chi connectivity index (χ3v) is 3.70. The van der Waals surface area contributed by atoms with Gasteiger partial charge in [0.15, 0.2) is 0 Å². The lowest BCUT2D eigenvalue weighted by molar-refractivity contribution is -0.115. The van der Waals surface area contributed by atoms with Gasteiger partial charge in [-0.25, -0.2) is 0 Å². The molecule has 3 nitrogen and oxygen atoms in total. The van der Waals surface area contributed by atoms with E-state index in [-0.39, 0.29) is 5.91 Å². The molecule has 1 aliphatic rings. The summed E-state index contributed by atoms with van der Waals surface area (Å²) in [7, 11) is 0. The van der Waals surface area contributed by atoms with Crippen LogP contribution >= 0.6 is 0 Å². The molecule has 1 amide bonds. The average Bonchev–Trinajstić information content (AvgIpc) is 2.84. The first-order valence-electron chi connectivity index (χ1n) is 6.75. The van der Waals surface area contributed by atoms with Crippen molar-refractivity contribution in [1.29, 1.82) is 0 Å². The second-order valence-corrected chi connectivity index (χ2v) is 5.21. The Morgan fingerprint density at radius 1 is 1.22 bits per heavy atom. The van der Waals surface area contributed by atoms with Crippen LogP contribution in [-0.4, -0.2) is 18.5 Å². The van der Waals surface area contributed by atoms with Crippen molar-refractivity contribution in [3.05, 3.63) is 29.3 Å². The largest absolute Gasteiger partial charge is 0.325 e. The number of anilines is 1. The maximum atomic E-state index is 11.8. The molecule has 0 aliphatic heterocycles. The van der Waals surface area contributed by atoms with Gasteiger partial charge in [0.25, 0.3) is 0 Å². The quantitative estimate of drug-likeness (QED) is 0.857. The van der Waals surface area contributed by atoms with Crippen LogP contribution in [0.25, 0.3) is 0 Å². The van der Waals surface area contributed by atoms with Gasteiger partial charge in [-0.2, -0.15) is 0 Å². The van der Waals surface area contributed by atoms with Crippen LogP contribution in [0.4, 0.5) is 5.69 Å². The van der Waals surface area contributed by atoms with Crippen molar-refractivity contribution < 1.29 is 4.79 Å². The van der Waals surface area contributed by atoms with E-state index in [9.17, 15) is 4.79 Å². The molecule has 0 unspecified atom stereocenters. The Balaban J connectivity index is 1.80. The highest BCUT2D eigenvalue weighted by Crippen LogP contribution is 2.17. The van der Waals surface area contributed by atoms with Gasteiger partial charge in [0, 0.05) is 11.7 Å². The minimum Gasteiger partial charge on any atom is -0.325 e. The number of aryl methyl sites for hydroxylation is 2. The zero-order valence-electron chi connectivity index (χ0n) is 11.3. The van der Waals surface area contributed by atoms with Gasteiger partial charge in [-0.15, -0.1) is 0 Å². The molecule has 0 bridgehead atoms. The van der Waals surface area contributed by atoms with E-state index in [1.54, 1.807) is 0 Å². The molecular weight excluding hydrogens is 224 g/mol. The first-order valence-corrected chi connectivity index (χ1v) is 6.75. The van der Waals surface area contributed by atoms with E-state index in [1.807, 2.05) is 18.2 Å². The van der Waals surface area contributed by atoms with Crippen molar-refractivity contribution in [3.63, 3.8) is 0 Å². The summed E-state index contributed by atoms with van der Waals surface area (Å²) in [5, 5.41) is 6.25. The van der Waals surface area contributed by atoms with E-state index in [0.717, 1.165) is 5.69 Å². The first kappa shape index (κ1) is 13.1. The van der Waals surface area contributed by atoms with Gasteiger partial charge in [0.2, 0.25) is 5.91 Å². The molecule has 1 aliphatic carbocycles. The number of carbonyl (C=O) groups excluding carboxylic acids is 1. The predicted octanol–water partition coefficient (Wildman–Crippen LogP) is 2.77. The highest BCUT2D eigenvalue weighted by atomic mass is 16.1. The van der Waals surface area contributed by atoms with E-state index in [4.69, 9.17) is 0 Å². The van der Waals surface area contributed by atoms with Crippen LogP contribution in [0.15, 0.2) is 18.2 Å². The number of benzene rings is 1. The Morgan fingerprint density at radius 3 is 2.61 bits per heavy atom. The van der Waals surface area contributed by atoms with Crippen molar-refractivity contribution in [2.45, 2.75) is 45.6 Å². The second kappa shape index (κ2) is 6.01. The summed E-state index contributed by atoms with van der Waals surface area (Å²) >= 11 is 0. The van der Waals surface area contributed by atoms with E-state index < -0.39 is 0 Å². The molecule has 1 aromatic rings. The molecule has 2 rings (SSSR count). The highest BCUT2D eigenvalue weighted by Gasteiger charge is 2.15. The van der Waals surface area contributed by atoms with Gasteiger partial charge in [-0.05, 0) is 49.9 Å². The molecule has 0 radical (unpaired) electrons. The lowest BCUT2D eigenvalue weighted by Crippen LogP contribution is -2.34. The number of nitrogens with one attached hydrogen (secondary N) is 2. The minimum absolute atomic E-state index is 0.0464. The van der Waals surface area contributed by atoms with Crippen molar-refractivity contribution in [3.8, 4) is 0 Å². The molecule has 1 aromatic carbocycles. The Labute approximate surface area is 109 Å². The van der Waals surface area contributed by atoms with Gasteiger partial charge in [-0.1, -0.05) is 18.9 Å². The van der Waals surface area contributed by atoms with Gasteiger partial charge in [0.05, 0.1) is 6.54 Å². The molecule has 1 fully saturated rings. The zero-order chi connectivity index (χ0) is 13.0. The third-order valence-electron chi connectivity index (χ3n) is 3.70. The molecule has 3 heteroatoms. The molecule has 0 heterocycles. The Bertz CT molecular complexity index is 423. The van der Waals surface area contributed by atoms with Crippen LogP contribution in [0.3, 0.4) is 0 Å². The molecule has 0 saturated heterocycles. The maximum Gasteiger partial charge on any atom is 0.238 e. The summed E-state index contributed by atoms with van der Waals surface area (Å²) in [4.78, 5) is 11.8. The van der Waals surface area contributed by atoms with E-state index >= 15 is 0 Å². The summed E-state index contributed by atoms with van der Waals surface area (Å²) < 4.78 is 0. The molecule has 0 aromatic heterocycles. The fraction of sp³-hybridized carbons (Fsp3) is 0.533. The topological polar surface area (TPSA) is 41.1 Å². The smallest absolute Gasteiger partial charge is 0.238 e. The second-order valence-electron chi connectivity index (χ2n) is 5.21. The summed E-state index contributed by atoms with van der Waals surface area (Å²) in [6.07, 6.45) is 4.99. The fourth-order valence-corrected chi connectivity index (χ4v) is 2.39. The predicted molar refractivity (Wildman–Crippen MR) is 74.8 cm³/mol. The lowest BCUT2D eigenvalue weighted by Gasteiger charge is -2.12. The maximum absolute atomic E-state index is 11.8. The van der Waals surface area contributed by atoms with Crippen molar-refractivity contribution >= 4 is 11.6 Å². The van der Waals surface area contributed by atoms with Crippen LogP contribution < -0.4 is 10.6 Å². The molecule has 98 valence electrons.